The second-order valence-corrected chi connectivity index (χ2v) is 5.71. The number of likely N-dealkylation sites (N-methyl/N-ethyl adjacent to an activating group) is 1. The summed E-state index contributed by atoms with van der Waals surface area (Å²) in [6, 6.07) is 1.38. The topological polar surface area (TPSA) is 15.3 Å². The Morgan fingerprint density at radius 1 is 1.00 bits per heavy atom. The Morgan fingerprint density at radius 2 is 1.65 bits per heavy atom. The van der Waals surface area contributed by atoms with Crippen LogP contribution in [0.1, 0.15) is 60.8 Å². The van der Waals surface area contributed by atoms with Crippen molar-refractivity contribution in [3.05, 3.63) is 0 Å². The summed E-state index contributed by atoms with van der Waals surface area (Å²) in [5.41, 5.74) is 0. The average molecular weight is 242 g/mol. The molecule has 2 heteroatoms. The van der Waals surface area contributed by atoms with E-state index in [2.05, 4.69) is 51.8 Å². The van der Waals surface area contributed by atoms with Gasteiger partial charge in [-0.25, -0.2) is 0 Å². The van der Waals surface area contributed by atoms with Crippen molar-refractivity contribution in [3.8, 4) is 0 Å². The van der Waals surface area contributed by atoms with Gasteiger partial charge in [0.1, 0.15) is 0 Å². The highest BCUT2D eigenvalue weighted by atomic mass is 15.2. The zero-order valence-corrected chi connectivity index (χ0v) is 12.9. The van der Waals surface area contributed by atoms with Gasteiger partial charge in [0.05, 0.1) is 0 Å². The van der Waals surface area contributed by atoms with Crippen molar-refractivity contribution in [1.82, 2.24) is 10.2 Å². The SMILES string of the molecule is CCC(C)N(CC)CCNC(C)CCC(C)C. The molecular weight excluding hydrogens is 208 g/mol. The summed E-state index contributed by atoms with van der Waals surface area (Å²) in [5, 5.41) is 3.64. The van der Waals surface area contributed by atoms with Crippen LogP contribution in [0.15, 0.2) is 0 Å². The molecule has 0 aromatic heterocycles. The summed E-state index contributed by atoms with van der Waals surface area (Å²) < 4.78 is 0. The second-order valence-electron chi connectivity index (χ2n) is 5.71. The molecule has 0 aromatic rings. The lowest BCUT2D eigenvalue weighted by Crippen LogP contribution is -2.40. The molecule has 0 saturated heterocycles. The highest BCUT2D eigenvalue weighted by molar-refractivity contribution is 4.68. The van der Waals surface area contributed by atoms with Gasteiger partial charge in [-0.1, -0.05) is 27.7 Å². The standard InChI is InChI=1S/C15H34N2/c1-7-15(6)17(8-2)12-11-16-14(5)10-9-13(3)4/h13-16H,7-12H2,1-6H3. The molecule has 0 radical (unpaired) electrons. The lowest BCUT2D eigenvalue weighted by molar-refractivity contribution is 0.212. The van der Waals surface area contributed by atoms with Gasteiger partial charge in [-0.2, -0.15) is 0 Å². The molecule has 0 aromatic carbocycles. The summed E-state index contributed by atoms with van der Waals surface area (Å²) in [7, 11) is 0. The highest BCUT2D eigenvalue weighted by Crippen LogP contribution is 2.06. The summed E-state index contributed by atoms with van der Waals surface area (Å²) >= 11 is 0. The first-order chi connectivity index (χ1) is 8.01. The monoisotopic (exact) mass is 242 g/mol. The van der Waals surface area contributed by atoms with Gasteiger partial charge in [-0.3, -0.25) is 4.90 Å². The predicted molar refractivity (Wildman–Crippen MR) is 78.5 cm³/mol. The molecule has 104 valence electrons. The van der Waals surface area contributed by atoms with Gasteiger partial charge in [-0.05, 0) is 45.6 Å². The Bertz CT molecular complexity index is 168. The molecule has 2 atom stereocenters. The molecule has 0 bridgehead atoms. The third-order valence-electron chi connectivity index (χ3n) is 3.69. The van der Waals surface area contributed by atoms with E-state index in [0.29, 0.717) is 12.1 Å². The molecule has 0 fully saturated rings. The summed E-state index contributed by atoms with van der Waals surface area (Å²) in [6.07, 6.45) is 3.88. The molecule has 0 saturated carbocycles. The molecule has 0 rings (SSSR count). The van der Waals surface area contributed by atoms with Gasteiger partial charge in [0, 0.05) is 25.2 Å². The van der Waals surface area contributed by atoms with Crippen molar-refractivity contribution in [1.29, 1.82) is 0 Å². The van der Waals surface area contributed by atoms with Crippen LogP contribution >= 0.6 is 0 Å². The van der Waals surface area contributed by atoms with Gasteiger partial charge in [0.25, 0.3) is 0 Å². The van der Waals surface area contributed by atoms with E-state index in [4.69, 9.17) is 0 Å². The van der Waals surface area contributed by atoms with Gasteiger partial charge in [-0.15, -0.1) is 0 Å². The van der Waals surface area contributed by atoms with Gasteiger partial charge in [0.15, 0.2) is 0 Å². The van der Waals surface area contributed by atoms with Gasteiger partial charge < -0.3 is 5.32 Å². The fourth-order valence-electron chi connectivity index (χ4n) is 2.09. The number of rotatable bonds is 10. The minimum Gasteiger partial charge on any atom is -0.313 e. The first kappa shape index (κ1) is 16.9. The summed E-state index contributed by atoms with van der Waals surface area (Å²) in [4.78, 5) is 2.56. The quantitative estimate of drug-likeness (QED) is 0.630. The number of nitrogens with one attached hydrogen (secondary N) is 1. The maximum atomic E-state index is 3.64. The van der Waals surface area contributed by atoms with Crippen LogP contribution in [-0.2, 0) is 0 Å². The highest BCUT2D eigenvalue weighted by Gasteiger charge is 2.09. The fourth-order valence-corrected chi connectivity index (χ4v) is 2.09. The summed E-state index contributed by atoms with van der Waals surface area (Å²) in [5.74, 6) is 0.825. The van der Waals surface area contributed by atoms with Crippen LogP contribution in [0.3, 0.4) is 0 Å². The molecule has 17 heavy (non-hydrogen) atoms. The van der Waals surface area contributed by atoms with E-state index in [0.717, 1.165) is 19.0 Å². The maximum Gasteiger partial charge on any atom is 0.0110 e. The van der Waals surface area contributed by atoms with E-state index in [-0.39, 0.29) is 0 Å². The maximum absolute atomic E-state index is 3.64. The van der Waals surface area contributed by atoms with Crippen LogP contribution in [0.4, 0.5) is 0 Å². The van der Waals surface area contributed by atoms with E-state index >= 15 is 0 Å². The molecular formula is C15H34N2. The van der Waals surface area contributed by atoms with Gasteiger partial charge in [0.2, 0.25) is 0 Å². The molecule has 1 N–H and O–H groups in total. The fraction of sp³-hybridized carbons (Fsp3) is 1.00. The first-order valence-corrected chi connectivity index (χ1v) is 7.48. The lowest BCUT2D eigenvalue weighted by Gasteiger charge is -2.27. The van der Waals surface area contributed by atoms with Crippen molar-refractivity contribution in [2.45, 2.75) is 72.9 Å². The number of hydrogen-bond acceptors (Lipinski definition) is 2. The third kappa shape index (κ3) is 8.62. The Kier molecular flexibility index (Phi) is 9.85. The second kappa shape index (κ2) is 9.90. The third-order valence-corrected chi connectivity index (χ3v) is 3.69. The van der Waals surface area contributed by atoms with Crippen LogP contribution in [0, 0.1) is 5.92 Å². The molecule has 0 heterocycles. The van der Waals surface area contributed by atoms with Crippen LogP contribution < -0.4 is 5.32 Å². The van der Waals surface area contributed by atoms with Crippen LogP contribution in [-0.4, -0.2) is 36.6 Å². The normalized spacial score (nSPS) is 15.5. The Balaban J connectivity index is 3.66. The number of hydrogen-bond donors (Lipinski definition) is 1. The van der Waals surface area contributed by atoms with E-state index in [9.17, 15) is 0 Å². The van der Waals surface area contributed by atoms with Crippen LogP contribution in [0.5, 0.6) is 0 Å². The molecule has 0 aliphatic heterocycles. The zero-order chi connectivity index (χ0) is 13.3. The Hall–Kier alpha value is -0.0800. The summed E-state index contributed by atoms with van der Waals surface area (Å²) in [6.45, 7) is 17.2. The average Bonchev–Trinajstić information content (AvgIpc) is 2.31. The van der Waals surface area contributed by atoms with Crippen molar-refractivity contribution >= 4 is 0 Å². The lowest BCUT2D eigenvalue weighted by atomic mass is 10.0. The van der Waals surface area contributed by atoms with Crippen molar-refractivity contribution in [2.24, 2.45) is 5.92 Å². The minimum absolute atomic E-state index is 0.660. The molecule has 0 spiro atoms. The predicted octanol–water partition coefficient (Wildman–Crippen LogP) is 3.52. The van der Waals surface area contributed by atoms with E-state index in [1.54, 1.807) is 0 Å². The van der Waals surface area contributed by atoms with E-state index in [1.807, 2.05) is 0 Å². The zero-order valence-electron chi connectivity index (χ0n) is 12.9. The molecule has 2 nitrogen and oxygen atoms in total. The van der Waals surface area contributed by atoms with Gasteiger partial charge >= 0.3 is 0 Å². The van der Waals surface area contributed by atoms with Crippen molar-refractivity contribution in [3.63, 3.8) is 0 Å². The van der Waals surface area contributed by atoms with Crippen molar-refractivity contribution < 1.29 is 0 Å². The molecule has 2 unspecified atom stereocenters. The van der Waals surface area contributed by atoms with E-state index < -0.39 is 0 Å². The van der Waals surface area contributed by atoms with Crippen LogP contribution in [0.2, 0.25) is 0 Å². The Morgan fingerprint density at radius 3 is 2.12 bits per heavy atom. The van der Waals surface area contributed by atoms with Crippen molar-refractivity contribution in [2.75, 3.05) is 19.6 Å². The first-order valence-electron chi connectivity index (χ1n) is 7.48. The van der Waals surface area contributed by atoms with Crippen LogP contribution in [0.25, 0.3) is 0 Å². The van der Waals surface area contributed by atoms with E-state index in [1.165, 1.54) is 25.8 Å². The molecule has 0 aliphatic rings. The smallest absolute Gasteiger partial charge is 0.0110 e. The molecule has 0 amide bonds. The minimum atomic E-state index is 0.660. The largest absolute Gasteiger partial charge is 0.313 e. The molecule has 0 aliphatic carbocycles. The number of nitrogens with zero attached hydrogens (tertiary/aromatic N) is 1. The Labute approximate surface area is 109 Å².